The highest BCUT2D eigenvalue weighted by molar-refractivity contribution is 5.15. The van der Waals surface area contributed by atoms with Crippen molar-refractivity contribution < 1.29 is 9.84 Å². The Kier molecular flexibility index (Phi) is 5.94. The van der Waals surface area contributed by atoms with Gasteiger partial charge in [0.25, 0.3) is 0 Å². The van der Waals surface area contributed by atoms with Crippen molar-refractivity contribution in [3.63, 3.8) is 0 Å². The third-order valence-corrected chi connectivity index (χ3v) is 7.06. The summed E-state index contributed by atoms with van der Waals surface area (Å²) in [6.07, 6.45) is 4.94. The maximum absolute atomic E-state index is 10.0. The zero-order chi connectivity index (χ0) is 17.8. The second-order valence-corrected chi connectivity index (χ2v) is 8.75. The van der Waals surface area contributed by atoms with Crippen LogP contribution in [0.15, 0.2) is 30.3 Å². The molecule has 1 aromatic carbocycles. The van der Waals surface area contributed by atoms with Gasteiger partial charge in [0.15, 0.2) is 0 Å². The van der Waals surface area contributed by atoms with Crippen molar-refractivity contribution in [2.75, 3.05) is 52.5 Å². The second kappa shape index (κ2) is 8.39. The van der Waals surface area contributed by atoms with Crippen molar-refractivity contribution in [2.24, 2.45) is 17.3 Å². The number of piperidine rings is 1. The highest BCUT2D eigenvalue weighted by atomic mass is 16.5. The highest BCUT2D eigenvalue weighted by Crippen LogP contribution is 2.45. The minimum atomic E-state index is 0.329. The number of hydrogen-bond donors (Lipinski definition) is 1. The van der Waals surface area contributed by atoms with Crippen LogP contribution in [0.2, 0.25) is 0 Å². The first-order valence-electron chi connectivity index (χ1n) is 10.4. The Balaban J connectivity index is 1.32. The molecular weight excluding hydrogens is 324 g/mol. The molecule has 1 atom stereocenters. The van der Waals surface area contributed by atoms with E-state index < -0.39 is 0 Å². The fraction of sp³-hybridized carbons (Fsp3) is 0.727. The Labute approximate surface area is 158 Å². The fourth-order valence-electron chi connectivity index (χ4n) is 5.40. The third-order valence-electron chi connectivity index (χ3n) is 7.06. The van der Waals surface area contributed by atoms with Crippen LogP contribution in [-0.4, -0.2) is 67.5 Å². The van der Waals surface area contributed by atoms with E-state index in [-0.39, 0.29) is 0 Å². The summed E-state index contributed by atoms with van der Waals surface area (Å²) in [5.41, 5.74) is 1.72. The van der Waals surface area contributed by atoms with E-state index in [4.69, 9.17) is 4.74 Å². The summed E-state index contributed by atoms with van der Waals surface area (Å²) in [6, 6.07) is 10.8. The minimum Gasteiger partial charge on any atom is -0.396 e. The van der Waals surface area contributed by atoms with E-state index in [0.29, 0.717) is 17.9 Å². The van der Waals surface area contributed by atoms with Gasteiger partial charge in [-0.1, -0.05) is 30.3 Å². The second-order valence-electron chi connectivity index (χ2n) is 8.75. The van der Waals surface area contributed by atoms with Gasteiger partial charge in [0.05, 0.1) is 0 Å². The van der Waals surface area contributed by atoms with Gasteiger partial charge in [-0.05, 0) is 55.7 Å². The van der Waals surface area contributed by atoms with Crippen molar-refractivity contribution in [1.82, 2.24) is 9.80 Å². The SMILES string of the molecule is OCC1CN(Cc2ccccc2)CC12CCN(CC1CCOCC1)CC2. The molecule has 0 aliphatic carbocycles. The molecule has 0 saturated carbocycles. The van der Waals surface area contributed by atoms with Crippen LogP contribution in [-0.2, 0) is 11.3 Å². The topological polar surface area (TPSA) is 35.9 Å². The van der Waals surface area contributed by atoms with Crippen molar-refractivity contribution in [1.29, 1.82) is 0 Å². The molecule has 0 radical (unpaired) electrons. The zero-order valence-electron chi connectivity index (χ0n) is 16.0. The molecule has 0 bridgehead atoms. The van der Waals surface area contributed by atoms with Gasteiger partial charge in [0.2, 0.25) is 0 Å². The standard InChI is InChI=1S/C22H34N2O2/c25-17-21-16-24(15-19-4-2-1-3-5-19)18-22(21)8-10-23(11-9-22)14-20-6-12-26-13-7-20/h1-5,20-21,25H,6-18H2. The summed E-state index contributed by atoms with van der Waals surface area (Å²) in [5, 5.41) is 10.0. The van der Waals surface area contributed by atoms with Crippen molar-refractivity contribution in [3.05, 3.63) is 35.9 Å². The zero-order valence-corrected chi connectivity index (χ0v) is 16.0. The summed E-state index contributed by atoms with van der Waals surface area (Å²) in [6.45, 7) is 9.10. The number of ether oxygens (including phenoxy) is 1. The van der Waals surface area contributed by atoms with Gasteiger partial charge < -0.3 is 14.7 Å². The van der Waals surface area contributed by atoms with E-state index in [1.807, 2.05) is 0 Å². The Hall–Kier alpha value is -0.940. The van der Waals surface area contributed by atoms with E-state index in [9.17, 15) is 5.11 Å². The molecule has 3 aliphatic rings. The molecule has 26 heavy (non-hydrogen) atoms. The van der Waals surface area contributed by atoms with Gasteiger partial charge in [0, 0.05) is 51.9 Å². The molecule has 1 aromatic rings. The van der Waals surface area contributed by atoms with Gasteiger partial charge in [-0.15, -0.1) is 0 Å². The number of hydrogen-bond acceptors (Lipinski definition) is 4. The molecule has 3 saturated heterocycles. The van der Waals surface area contributed by atoms with Crippen LogP contribution < -0.4 is 0 Å². The first-order valence-corrected chi connectivity index (χ1v) is 10.4. The lowest BCUT2D eigenvalue weighted by atomic mass is 9.71. The van der Waals surface area contributed by atoms with Gasteiger partial charge in [-0.25, -0.2) is 0 Å². The third kappa shape index (κ3) is 4.14. The molecule has 3 fully saturated rings. The number of rotatable bonds is 5. The molecule has 3 heterocycles. The predicted octanol–water partition coefficient (Wildman–Crippen LogP) is 2.62. The minimum absolute atomic E-state index is 0.329. The van der Waals surface area contributed by atoms with Crippen LogP contribution in [0.5, 0.6) is 0 Å². The Bertz CT molecular complexity index is 551. The normalized spacial score (nSPS) is 28.0. The average Bonchev–Trinajstić information content (AvgIpc) is 3.02. The van der Waals surface area contributed by atoms with Crippen LogP contribution in [0.4, 0.5) is 0 Å². The van der Waals surface area contributed by atoms with Crippen LogP contribution >= 0.6 is 0 Å². The van der Waals surface area contributed by atoms with Crippen LogP contribution in [0, 0.1) is 17.3 Å². The molecule has 1 unspecified atom stereocenters. The summed E-state index contributed by atoms with van der Waals surface area (Å²) in [4.78, 5) is 5.25. The summed E-state index contributed by atoms with van der Waals surface area (Å²) in [7, 11) is 0. The van der Waals surface area contributed by atoms with Crippen LogP contribution in [0.25, 0.3) is 0 Å². The maximum atomic E-state index is 10.0. The van der Waals surface area contributed by atoms with E-state index >= 15 is 0 Å². The molecule has 3 aliphatic heterocycles. The lowest BCUT2D eigenvalue weighted by Gasteiger charge is -2.43. The van der Waals surface area contributed by atoms with Crippen molar-refractivity contribution >= 4 is 0 Å². The lowest BCUT2D eigenvalue weighted by molar-refractivity contribution is 0.0217. The lowest BCUT2D eigenvalue weighted by Crippen LogP contribution is -2.46. The molecular formula is C22H34N2O2. The number of nitrogens with zero attached hydrogens (tertiary/aromatic N) is 2. The number of aliphatic hydroxyl groups excluding tert-OH is 1. The molecule has 1 spiro atoms. The Morgan fingerprint density at radius 3 is 2.46 bits per heavy atom. The van der Waals surface area contributed by atoms with Gasteiger partial charge in [-0.3, -0.25) is 4.90 Å². The average molecular weight is 359 g/mol. The fourth-order valence-corrected chi connectivity index (χ4v) is 5.40. The predicted molar refractivity (Wildman–Crippen MR) is 104 cm³/mol. The molecule has 0 aromatic heterocycles. The maximum Gasteiger partial charge on any atom is 0.0477 e. The molecule has 144 valence electrons. The van der Waals surface area contributed by atoms with Crippen LogP contribution in [0.3, 0.4) is 0 Å². The van der Waals surface area contributed by atoms with E-state index in [1.165, 1.54) is 50.9 Å². The smallest absolute Gasteiger partial charge is 0.0477 e. The van der Waals surface area contributed by atoms with Crippen molar-refractivity contribution in [2.45, 2.75) is 32.2 Å². The quantitative estimate of drug-likeness (QED) is 0.878. The first-order chi connectivity index (χ1) is 12.8. The number of likely N-dealkylation sites (tertiary alicyclic amines) is 2. The molecule has 1 N–H and O–H groups in total. The largest absolute Gasteiger partial charge is 0.396 e. The van der Waals surface area contributed by atoms with E-state index in [0.717, 1.165) is 38.8 Å². The monoisotopic (exact) mass is 358 g/mol. The van der Waals surface area contributed by atoms with Gasteiger partial charge >= 0.3 is 0 Å². The van der Waals surface area contributed by atoms with Gasteiger partial charge in [-0.2, -0.15) is 0 Å². The number of benzene rings is 1. The number of aliphatic hydroxyl groups is 1. The Morgan fingerprint density at radius 2 is 1.77 bits per heavy atom. The summed E-state index contributed by atoms with van der Waals surface area (Å²) in [5.74, 6) is 1.26. The van der Waals surface area contributed by atoms with E-state index in [2.05, 4.69) is 40.1 Å². The molecule has 0 amide bonds. The molecule has 4 nitrogen and oxygen atoms in total. The van der Waals surface area contributed by atoms with Crippen LogP contribution in [0.1, 0.15) is 31.2 Å². The first kappa shape index (κ1) is 18.4. The Morgan fingerprint density at radius 1 is 1.04 bits per heavy atom. The van der Waals surface area contributed by atoms with Gasteiger partial charge in [0.1, 0.15) is 0 Å². The highest BCUT2D eigenvalue weighted by Gasteiger charge is 2.47. The van der Waals surface area contributed by atoms with Crippen molar-refractivity contribution in [3.8, 4) is 0 Å². The summed E-state index contributed by atoms with van der Waals surface area (Å²) >= 11 is 0. The summed E-state index contributed by atoms with van der Waals surface area (Å²) < 4.78 is 5.50. The van der Waals surface area contributed by atoms with E-state index in [1.54, 1.807) is 0 Å². The molecule has 4 rings (SSSR count). The molecule has 4 heteroatoms.